The molecule has 0 saturated carbocycles. The molecule has 0 fully saturated rings. The maximum atomic E-state index is 5.09. The molecule has 0 saturated heterocycles. The molecule has 14 heavy (non-hydrogen) atoms. The molecule has 4 nitrogen and oxygen atoms in total. The van der Waals surface area contributed by atoms with Crippen LogP contribution in [0.2, 0.25) is 0 Å². The normalized spacial score (nSPS) is 9.79. The molecule has 0 spiro atoms. The van der Waals surface area contributed by atoms with Gasteiger partial charge in [-0.2, -0.15) is 11.8 Å². The highest BCUT2D eigenvalue weighted by Crippen LogP contribution is 2.08. The smallest absolute Gasteiger partial charge is 0.203 e. The Morgan fingerprint density at radius 3 is 3.21 bits per heavy atom. The minimum atomic E-state index is 0.682. The Morgan fingerprint density at radius 1 is 1.71 bits per heavy atom. The van der Waals surface area contributed by atoms with E-state index in [9.17, 15) is 0 Å². The van der Waals surface area contributed by atoms with Crippen LogP contribution in [0.3, 0.4) is 0 Å². The summed E-state index contributed by atoms with van der Waals surface area (Å²) < 4.78 is 5.09. The monoisotopic (exact) mass is 231 g/mol. The van der Waals surface area contributed by atoms with Crippen LogP contribution < -0.4 is 10.6 Å². The summed E-state index contributed by atoms with van der Waals surface area (Å²) in [5, 5.41) is 6.59. The molecule has 0 unspecified atom stereocenters. The topological polar surface area (TPSA) is 50.1 Å². The van der Waals surface area contributed by atoms with Crippen LogP contribution in [0, 0.1) is 0 Å². The SMILES string of the molecule is CNC(=S)NCCSCc1ncco1. The van der Waals surface area contributed by atoms with Gasteiger partial charge in [0.2, 0.25) is 5.89 Å². The van der Waals surface area contributed by atoms with Crippen LogP contribution in [0.15, 0.2) is 16.9 Å². The first-order chi connectivity index (χ1) is 6.83. The van der Waals surface area contributed by atoms with E-state index < -0.39 is 0 Å². The zero-order valence-corrected chi connectivity index (χ0v) is 9.58. The first kappa shape index (κ1) is 11.3. The summed E-state index contributed by atoms with van der Waals surface area (Å²) in [6.45, 7) is 0.852. The van der Waals surface area contributed by atoms with Crippen molar-refractivity contribution in [1.29, 1.82) is 0 Å². The lowest BCUT2D eigenvalue weighted by molar-refractivity contribution is 0.517. The molecular formula is C8H13N3OS2. The van der Waals surface area contributed by atoms with E-state index in [1.165, 1.54) is 0 Å². The van der Waals surface area contributed by atoms with E-state index in [-0.39, 0.29) is 0 Å². The van der Waals surface area contributed by atoms with Gasteiger partial charge in [0, 0.05) is 19.3 Å². The molecule has 1 aromatic rings. The maximum Gasteiger partial charge on any atom is 0.203 e. The van der Waals surface area contributed by atoms with Gasteiger partial charge >= 0.3 is 0 Å². The predicted molar refractivity (Wildman–Crippen MR) is 62.3 cm³/mol. The molecule has 6 heteroatoms. The Bertz CT molecular complexity index is 264. The summed E-state index contributed by atoms with van der Waals surface area (Å²) in [6, 6.07) is 0. The third-order valence-corrected chi connectivity index (χ3v) is 2.76. The summed E-state index contributed by atoms with van der Waals surface area (Å²) in [5.74, 6) is 2.55. The summed E-state index contributed by atoms with van der Waals surface area (Å²) in [4.78, 5) is 4.02. The molecular weight excluding hydrogens is 218 g/mol. The highest BCUT2D eigenvalue weighted by molar-refractivity contribution is 7.98. The fourth-order valence-electron chi connectivity index (χ4n) is 0.809. The molecule has 0 aliphatic heterocycles. The first-order valence-electron chi connectivity index (χ1n) is 4.24. The number of thiocarbonyl (C=S) groups is 1. The average Bonchev–Trinajstić information content (AvgIpc) is 2.69. The number of aromatic nitrogens is 1. The van der Waals surface area contributed by atoms with Gasteiger partial charge < -0.3 is 15.1 Å². The van der Waals surface area contributed by atoms with E-state index in [0.717, 1.165) is 23.9 Å². The van der Waals surface area contributed by atoms with Crippen molar-refractivity contribution in [3.8, 4) is 0 Å². The van der Waals surface area contributed by atoms with E-state index in [2.05, 4.69) is 15.6 Å². The van der Waals surface area contributed by atoms with Crippen LogP contribution in [0.5, 0.6) is 0 Å². The molecule has 2 N–H and O–H groups in total. The number of thioether (sulfide) groups is 1. The van der Waals surface area contributed by atoms with Gasteiger partial charge in [0.05, 0.1) is 11.9 Å². The molecule has 0 radical (unpaired) electrons. The van der Waals surface area contributed by atoms with E-state index in [1.807, 2.05) is 0 Å². The van der Waals surface area contributed by atoms with Crippen LogP contribution in [-0.4, -0.2) is 29.4 Å². The summed E-state index contributed by atoms with van der Waals surface area (Å²) >= 11 is 6.68. The molecule has 0 aromatic carbocycles. The van der Waals surface area contributed by atoms with E-state index in [4.69, 9.17) is 16.6 Å². The number of rotatable bonds is 5. The van der Waals surface area contributed by atoms with Gasteiger partial charge in [-0.25, -0.2) is 4.98 Å². The standard InChI is InChI=1S/C8H13N3OS2/c1-9-8(13)11-3-5-14-6-7-10-2-4-12-7/h2,4H,3,5-6H2,1H3,(H2,9,11,13). The summed E-state index contributed by atoms with van der Waals surface area (Å²) in [6.07, 6.45) is 3.24. The van der Waals surface area contributed by atoms with Gasteiger partial charge in [-0.1, -0.05) is 0 Å². The minimum Gasteiger partial charge on any atom is -0.448 e. The Kier molecular flexibility index (Phi) is 5.39. The molecule has 0 atom stereocenters. The van der Waals surface area contributed by atoms with Crippen LogP contribution in [0.4, 0.5) is 0 Å². The van der Waals surface area contributed by atoms with Gasteiger partial charge in [-0.3, -0.25) is 0 Å². The maximum absolute atomic E-state index is 5.09. The summed E-state index contributed by atoms with van der Waals surface area (Å²) in [7, 11) is 1.80. The largest absolute Gasteiger partial charge is 0.448 e. The zero-order valence-electron chi connectivity index (χ0n) is 7.95. The third kappa shape index (κ3) is 4.48. The molecule has 1 heterocycles. The quantitative estimate of drug-likeness (QED) is 0.582. The molecule has 0 bridgehead atoms. The molecule has 0 amide bonds. The number of nitrogens with zero attached hydrogens (tertiary/aromatic N) is 1. The van der Waals surface area contributed by atoms with E-state index in [1.54, 1.807) is 31.3 Å². The lowest BCUT2D eigenvalue weighted by atomic mass is 10.7. The van der Waals surface area contributed by atoms with Crippen LogP contribution in [-0.2, 0) is 5.75 Å². The number of nitrogens with one attached hydrogen (secondary N) is 2. The zero-order chi connectivity index (χ0) is 10.2. The van der Waals surface area contributed by atoms with Gasteiger partial charge in [0.25, 0.3) is 0 Å². The Balaban J connectivity index is 1.97. The van der Waals surface area contributed by atoms with Crippen molar-refractivity contribution in [2.24, 2.45) is 0 Å². The minimum absolute atomic E-state index is 0.682. The van der Waals surface area contributed by atoms with Crippen LogP contribution in [0.25, 0.3) is 0 Å². The third-order valence-electron chi connectivity index (χ3n) is 1.47. The van der Waals surface area contributed by atoms with E-state index >= 15 is 0 Å². The van der Waals surface area contributed by atoms with Crippen molar-refractivity contribution in [3.05, 3.63) is 18.4 Å². The molecule has 1 rings (SSSR count). The fourth-order valence-corrected chi connectivity index (χ4v) is 1.62. The van der Waals surface area contributed by atoms with Crippen LogP contribution in [0.1, 0.15) is 5.89 Å². The predicted octanol–water partition coefficient (Wildman–Crippen LogP) is 1.00. The van der Waals surface area contributed by atoms with E-state index in [0.29, 0.717) is 5.11 Å². The van der Waals surface area contributed by atoms with Crippen LogP contribution >= 0.6 is 24.0 Å². The fraction of sp³-hybridized carbons (Fsp3) is 0.500. The summed E-state index contributed by atoms with van der Waals surface area (Å²) in [5.41, 5.74) is 0. The van der Waals surface area contributed by atoms with Gasteiger partial charge in [0.1, 0.15) is 6.26 Å². The van der Waals surface area contributed by atoms with Crippen molar-refractivity contribution >= 4 is 29.1 Å². The van der Waals surface area contributed by atoms with Crippen molar-refractivity contribution in [1.82, 2.24) is 15.6 Å². The van der Waals surface area contributed by atoms with Crippen molar-refractivity contribution in [2.75, 3.05) is 19.3 Å². The molecule has 0 aliphatic carbocycles. The highest BCUT2D eigenvalue weighted by atomic mass is 32.2. The average molecular weight is 231 g/mol. The molecule has 0 aliphatic rings. The Hall–Kier alpha value is -0.750. The first-order valence-corrected chi connectivity index (χ1v) is 5.81. The van der Waals surface area contributed by atoms with Crippen molar-refractivity contribution < 1.29 is 4.42 Å². The second-order valence-corrected chi connectivity index (χ2v) is 4.00. The highest BCUT2D eigenvalue weighted by Gasteiger charge is 1.97. The lowest BCUT2D eigenvalue weighted by Gasteiger charge is -2.05. The number of hydrogen-bond donors (Lipinski definition) is 2. The number of hydrogen-bond acceptors (Lipinski definition) is 4. The second kappa shape index (κ2) is 6.67. The molecule has 78 valence electrons. The lowest BCUT2D eigenvalue weighted by Crippen LogP contribution is -2.33. The number of oxazole rings is 1. The van der Waals surface area contributed by atoms with Gasteiger partial charge in [-0.15, -0.1) is 0 Å². The van der Waals surface area contributed by atoms with Crippen molar-refractivity contribution in [3.63, 3.8) is 0 Å². The van der Waals surface area contributed by atoms with Crippen molar-refractivity contribution in [2.45, 2.75) is 5.75 Å². The molecule has 1 aromatic heterocycles. The van der Waals surface area contributed by atoms with Gasteiger partial charge in [-0.05, 0) is 12.2 Å². The Morgan fingerprint density at radius 2 is 2.57 bits per heavy atom. The second-order valence-electron chi connectivity index (χ2n) is 2.48. The Labute approximate surface area is 92.9 Å². The van der Waals surface area contributed by atoms with Gasteiger partial charge in [0.15, 0.2) is 5.11 Å².